The zero-order valence-electron chi connectivity index (χ0n) is 8.50. The highest BCUT2D eigenvalue weighted by atomic mass is 16.3. The molecule has 2 unspecified atom stereocenters. The number of imidazole rings is 1. The number of aliphatic hydroxyl groups is 2. The Balaban J connectivity index is 2.30. The minimum absolute atomic E-state index is 0.408. The van der Waals surface area contributed by atoms with Gasteiger partial charge in [0, 0.05) is 12.4 Å². The second-order valence-electron chi connectivity index (χ2n) is 3.54. The summed E-state index contributed by atoms with van der Waals surface area (Å²) < 4.78 is 1.76. The summed E-state index contributed by atoms with van der Waals surface area (Å²) in [6.07, 6.45) is 6.38. The Morgan fingerprint density at radius 3 is 2.71 bits per heavy atom. The van der Waals surface area contributed by atoms with E-state index in [0.717, 1.165) is 12.8 Å². The number of unbranched alkanes of at least 4 members (excludes halogenated alkanes) is 1. The predicted octanol–water partition coefficient (Wildman–Crippen LogP) is 0.795. The molecule has 1 aromatic heterocycles. The lowest BCUT2D eigenvalue weighted by atomic mass is 10.1. The van der Waals surface area contributed by atoms with E-state index in [1.807, 2.05) is 0 Å². The molecule has 0 radical (unpaired) electrons. The Labute approximate surface area is 84.2 Å². The minimum Gasteiger partial charge on any atom is -0.390 e. The van der Waals surface area contributed by atoms with Gasteiger partial charge in [-0.15, -0.1) is 0 Å². The molecule has 80 valence electrons. The molecule has 2 atom stereocenters. The molecule has 1 rings (SSSR count). The number of aliphatic hydroxyl groups excluding tert-OH is 2. The fourth-order valence-electron chi connectivity index (χ4n) is 1.34. The lowest BCUT2D eigenvalue weighted by Crippen LogP contribution is -2.29. The van der Waals surface area contributed by atoms with Gasteiger partial charge >= 0.3 is 0 Å². The molecule has 0 fully saturated rings. The van der Waals surface area contributed by atoms with Gasteiger partial charge in [0.1, 0.15) is 0 Å². The third-order valence-corrected chi connectivity index (χ3v) is 2.25. The second kappa shape index (κ2) is 5.78. The molecular formula is C10H18N2O2. The van der Waals surface area contributed by atoms with Gasteiger partial charge < -0.3 is 14.8 Å². The highest BCUT2D eigenvalue weighted by molar-refractivity contribution is 4.77. The van der Waals surface area contributed by atoms with E-state index in [-0.39, 0.29) is 0 Å². The van der Waals surface area contributed by atoms with Crippen LogP contribution in [0.4, 0.5) is 0 Å². The monoisotopic (exact) mass is 198 g/mol. The smallest absolute Gasteiger partial charge is 0.0977 e. The van der Waals surface area contributed by atoms with Crippen LogP contribution in [0.3, 0.4) is 0 Å². The van der Waals surface area contributed by atoms with Gasteiger partial charge in [0.15, 0.2) is 0 Å². The van der Waals surface area contributed by atoms with E-state index in [1.54, 1.807) is 23.3 Å². The molecule has 4 heteroatoms. The van der Waals surface area contributed by atoms with Crippen molar-refractivity contribution in [2.75, 3.05) is 0 Å². The summed E-state index contributed by atoms with van der Waals surface area (Å²) in [7, 11) is 0. The Bertz CT molecular complexity index is 236. The van der Waals surface area contributed by atoms with Gasteiger partial charge in [-0.1, -0.05) is 19.8 Å². The molecule has 1 aromatic rings. The van der Waals surface area contributed by atoms with Crippen LogP contribution in [0.5, 0.6) is 0 Å². The van der Waals surface area contributed by atoms with E-state index >= 15 is 0 Å². The van der Waals surface area contributed by atoms with E-state index in [4.69, 9.17) is 0 Å². The zero-order valence-corrected chi connectivity index (χ0v) is 8.50. The second-order valence-corrected chi connectivity index (χ2v) is 3.54. The van der Waals surface area contributed by atoms with Crippen molar-refractivity contribution in [1.29, 1.82) is 0 Å². The maximum atomic E-state index is 9.62. The van der Waals surface area contributed by atoms with Crippen molar-refractivity contribution in [3.8, 4) is 0 Å². The molecule has 14 heavy (non-hydrogen) atoms. The largest absolute Gasteiger partial charge is 0.390 e. The minimum atomic E-state index is -0.698. The summed E-state index contributed by atoms with van der Waals surface area (Å²) >= 11 is 0. The van der Waals surface area contributed by atoms with Crippen molar-refractivity contribution in [2.24, 2.45) is 0 Å². The molecule has 0 amide bonds. The maximum Gasteiger partial charge on any atom is 0.0977 e. The van der Waals surface area contributed by atoms with Crippen LogP contribution in [-0.2, 0) is 6.54 Å². The van der Waals surface area contributed by atoms with Crippen molar-refractivity contribution in [1.82, 2.24) is 9.55 Å². The lowest BCUT2D eigenvalue weighted by Gasteiger charge is -2.17. The van der Waals surface area contributed by atoms with Crippen LogP contribution in [0.2, 0.25) is 0 Å². The predicted molar refractivity (Wildman–Crippen MR) is 53.8 cm³/mol. The fraction of sp³-hybridized carbons (Fsp3) is 0.700. The summed E-state index contributed by atoms with van der Waals surface area (Å²) in [6.45, 7) is 2.47. The Hall–Kier alpha value is -0.870. The van der Waals surface area contributed by atoms with Crippen molar-refractivity contribution >= 4 is 0 Å². The van der Waals surface area contributed by atoms with Crippen LogP contribution >= 0.6 is 0 Å². The Kier molecular flexibility index (Phi) is 4.62. The van der Waals surface area contributed by atoms with E-state index in [9.17, 15) is 10.2 Å². The van der Waals surface area contributed by atoms with Gasteiger partial charge in [-0.05, 0) is 6.42 Å². The number of rotatable bonds is 6. The van der Waals surface area contributed by atoms with Gasteiger partial charge in [-0.3, -0.25) is 0 Å². The molecule has 0 aliphatic carbocycles. The summed E-state index contributed by atoms with van der Waals surface area (Å²) in [5, 5.41) is 19.2. The molecule has 0 aliphatic rings. The van der Waals surface area contributed by atoms with E-state index in [0.29, 0.717) is 13.0 Å². The van der Waals surface area contributed by atoms with Gasteiger partial charge in [0.05, 0.1) is 25.1 Å². The van der Waals surface area contributed by atoms with Gasteiger partial charge in [0.2, 0.25) is 0 Å². The van der Waals surface area contributed by atoms with Crippen LogP contribution in [0, 0.1) is 0 Å². The van der Waals surface area contributed by atoms with Gasteiger partial charge in [-0.2, -0.15) is 0 Å². The van der Waals surface area contributed by atoms with Gasteiger partial charge in [0.25, 0.3) is 0 Å². The fourth-order valence-corrected chi connectivity index (χ4v) is 1.34. The number of hydrogen-bond donors (Lipinski definition) is 2. The maximum absolute atomic E-state index is 9.62. The number of nitrogens with zero attached hydrogens (tertiary/aromatic N) is 2. The van der Waals surface area contributed by atoms with E-state index < -0.39 is 12.2 Å². The SMILES string of the molecule is CCCCC(O)C(O)Cn1ccnc1. The highest BCUT2D eigenvalue weighted by Crippen LogP contribution is 2.06. The molecule has 0 saturated carbocycles. The Morgan fingerprint density at radius 2 is 2.14 bits per heavy atom. The van der Waals surface area contributed by atoms with Crippen molar-refractivity contribution in [3.05, 3.63) is 18.7 Å². The zero-order chi connectivity index (χ0) is 10.4. The number of hydrogen-bond acceptors (Lipinski definition) is 3. The van der Waals surface area contributed by atoms with Gasteiger partial charge in [-0.25, -0.2) is 4.98 Å². The third-order valence-electron chi connectivity index (χ3n) is 2.25. The summed E-state index contributed by atoms with van der Waals surface area (Å²) in [4.78, 5) is 3.87. The van der Waals surface area contributed by atoms with E-state index in [2.05, 4.69) is 11.9 Å². The van der Waals surface area contributed by atoms with Crippen molar-refractivity contribution in [2.45, 2.75) is 44.9 Å². The van der Waals surface area contributed by atoms with Crippen molar-refractivity contribution in [3.63, 3.8) is 0 Å². The summed E-state index contributed by atoms with van der Waals surface area (Å²) in [5.74, 6) is 0. The van der Waals surface area contributed by atoms with Crippen LogP contribution in [0.1, 0.15) is 26.2 Å². The summed E-state index contributed by atoms with van der Waals surface area (Å²) in [6, 6.07) is 0. The summed E-state index contributed by atoms with van der Waals surface area (Å²) in [5.41, 5.74) is 0. The van der Waals surface area contributed by atoms with E-state index in [1.165, 1.54) is 0 Å². The van der Waals surface area contributed by atoms with Crippen LogP contribution in [0.15, 0.2) is 18.7 Å². The molecule has 0 saturated heterocycles. The standard InChI is InChI=1S/C10H18N2O2/c1-2-3-4-9(13)10(14)7-12-6-5-11-8-12/h5-6,8-10,13-14H,2-4,7H2,1H3. The molecule has 0 aromatic carbocycles. The average Bonchev–Trinajstić information content (AvgIpc) is 2.66. The Morgan fingerprint density at radius 1 is 1.36 bits per heavy atom. The third kappa shape index (κ3) is 3.47. The molecule has 1 heterocycles. The normalized spacial score (nSPS) is 15.4. The van der Waals surface area contributed by atoms with Crippen LogP contribution in [0.25, 0.3) is 0 Å². The quantitative estimate of drug-likeness (QED) is 0.710. The molecule has 0 aliphatic heterocycles. The van der Waals surface area contributed by atoms with Crippen LogP contribution in [-0.4, -0.2) is 32.0 Å². The first-order valence-corrected chi connectivity index (χ1v) is 5.06. The lowest BCUT2D eigenvalue weighted by molar-refractivity contribution is 0.00377. The van der Waals surface area contributed by atoms with Crippen molar-refractivity contribution < 1.29 is 10.2 Å². The highest BCUT2D eigenvalue weighted by Gasteiger charge is 2.15. The molecule has 2 N–H and O–H groups in total. The average molecular weight is 198 g/mol. The van der Waals surface area contributed by atoms with Crippen LogP contribution < -0.4 is 0 Å². The topological polar surface area (TPSA) is 58.3 Å². The molecule has 0 bridgehead atoms. The first-order chi connectivity index (χ1) is 6.74. The first kappa shape index (κ1) is 11.2. The molecular weight excluding hydrogens is 180 g/mol. The molecule has 0 spiro atoms. The number of aromatic nitrogens is 2. The first-order valence-electron chi connectivity index (χ1n) is 5.06. The molecule has 4 nitrogen and oxygen atoms in total.